The summed E-state index contributed by atoms with van der Waals surface area (Å²) in [5.74, 6) is -1.54. The van der Waals surface area contributed by atoms with Crippen LogP contribution in [0.15, 0.2) is 12.5 Å². The Morgan fingerprint density at radius 1 is 1.53 bits per heavy atom. The Morgan fingerprint density at radius 3 is 2.58 bits per heavy atom. The molecule has 1 aromatic heterocycles. The quantitative estimate of drug-likeness (QED) is 0.556. The first kappa shape index (κ1) is 15.2. The van der Waals surface area contributed by atoms with Gasteiger partial charge in [-0.05, 0) is 12.8 Å². The normalized spacial score (nSPS) is 13.0. The van der Waals surface area contributed by atoms with E-state index in [1.807, 2.05) is 0 Å². The molecule has 7 nitrogen and oxygen atoms in total. The maximum absolute atomic E-state index is 12.0. The van der Waals surface area contributed by atoms with E-state index >= 15 is 0 Å². The highest BCUT2D eigenvalue weighted by molar-refractivity contribution is 5.89. The number of hydrogen-bond donors (Lipinski definition) is 4. The summed E-state index contributed by atoms with van der Waals surface area (Å²) < 4.78 is 0. The van der Waals surface area contributed by atoms with Crippen LogP contribution in [0.1, 0.15) is 32.4 Å². The zero-order valence-electron chi connectivity index (χ0n) is 11.1. The van der Waals surface area contributed by atoms with Gasteiger partial charge in [0.25, 0.3) is 0 Å². The molecule has 1 aromatic rings. The van der Waals surface area contributed by atoms with Gasteiger partial charge >= 0.3 is 5.97 Å². The Hall–Kier alpha value is -1.89. The topological polar surface area (TPSA) is 121 Å². The molecule has 0 aliphatic carbocycles. The monoisotopic (exact) mass is 268 g/mol. The van der Waals surface area contributed by atoms with E-state index in [1.54, 1.807) is 13.8 Å². The number of aromatic amines is 1. The van der Waals surface area contributed by atoms with Gasteiger partial charge in [0.05, 0.1) is 11.9 Å². The van der Waals surface area contributed by atoms with Gasteiger partial charge in [-0.15, -0.1) is 0 Å². The van der Waals surface area contributed by atoms with Crippen molar-refractivity contribution in [3.8, 4) is 0 Å². The van der Waals surface area contributed by atoms with Gasteiger partial charge in [-0.1, -0.05) is 13.8 Å². The van der Waals surface area contributed by atoms with Crippen LogP contribution in [0, 0.1) is 0 Å². The minimum atomic E-state index is -1.10. The number of carboxylic acids is 1. The van der Waals surface area contributed by atoms with Gasteiger partial charge in [-0.2, -0.15) is 0 Å². The van der Waals surface area contributed by atoms with Crippen molar-refractivity contribution in [2.24, 2.45) is 5.73 Å². The first-order valence-corrected chi connectivity index (χ1v) is 6.22. The van der Waals surface area contributed by atoms with Crippen LogP contribution in [0.5, 0.6) is 0 Å². The molecule has 0 aliphatic rings. The number of nitrogens with one attached hydrogen (secondary N) is 2. The van der Waals surface area contributed by atoms with Crippen LogP contribution in [0.2, 0.25) is 0 Å². The average Bonchev–Trinajstić information content (AvgIpc) is 2.89. The molecule has 0 radical (unpaired) electrons. The number of carbonyl (C=O) groups is 2. The van der Waals surface area contributed by atoms with E-state index in [4.69, 9.17) is 10.8 Å². The Labute approximate surface area is 111 Å². The molecule has 0 spiro atoms. The van der Waals surface area contributed by atoms with Crippen LogP contribution in [0.3, 0.4) is 0 Å². The van der Waals surface area contributed by atoms with Crippen molar-refractivity contribution >= 4 is 11.9 Å². The summed E-state index contributed by atoms with van der Waals surface area (Å²) >= 11 is 0. The largest absolute Gasteiger partial charge is 0.480 e. The lowest BCUT2D eigenvalue weighted by molar-refractivity contribution is -0.142. The van der Waals surface area contributed by atoms with Crippen LogP contribution >= 0.6 is 0 Å². The summed E-state index contributed by atoms with van der Waals surface area (Å²) in [5.41, 5.74) is 5.55. The third-order valence-corrected chi connectivity index (χ3v) is 3.30. The highest BCUT2D eigenvalue weighted by atomic mass is 16.4. The molecule has 5 N–H and O–H groups in total. The standard InChI is InChI=1S/C12H20N4O3/c1-3-12(13,4-2)11(19)16-9(10(17)18)5-8-6-14-7-15-8/h6-7,9H,3-5,13H2,1-2H3,(H,14,15)(H,16,19)(H,17,18)/t9-/m1/s1. The minimum absolute atomic E-state index is 0.143. The van der Waals surface area contributed by atoms with Crippen LogP contribution in [-0.4, -0.2) is 38.5 Å². The van der Waals surface area contributed by atoms with E-state index in [9.17, 15) is 9.59 Å². The van der Waals surface area contributed by atoms with Crippen LogP contribution < -0.4 is 11.1 Å². The number of rotatable bonds is 7. The van der Waals surface area contributed by atoms with Gasteiger partial charge < -0.3 is 21.1 Å². The van der Waals surface area contributed by atoms with E-state index in [1.165, 1.54) is 12.5 Å². The molecule has 106 valence electrons. The molecular weight excluding hydrogens is 248 g/mol. The molecule has 0 bridgehead atoms. The van der Waals surface area contributed by atoms with E-state index in [0.29, 0.717) is 18.5 Å². The maximum Gasteiger partial charge on any atom is 0.326 e. The molecule has 7 heteroatoms. The fraction of sp³-hybridized carbons (Fsp3) is 0.583. The van der Waals surface area contributed by atoms with Crippen molar-refractivity contribution in [1.82, 2.24) is 15.3 Å². The maximum atomic E-state index is 12.0. The smallest absolute Gasteiger partial charge is 0.326 e. The predicted octanol–water partition coefficient (Wildman–Crippen LogP) is 0.0391. The van der Waals surface area contributed by atoms with E-state index in [0.717, 1.165) is 0 Å². The van der Waals surface area contributed by atoms with Crippen molar-refractivity contribution in [2.45, 2.75) is 44.7 Å². The van der Waals surface area contributed by atoms with Gasteiger partial charge in [0.15, 0.2) is 0 Å². The lowest BCUT2D eigenvalue weighted by Crippen LogP contribution is -2.57. The zero-order chi connectivity index (χ0) is 14.5. The van der Waals surface area contributed by atoms with Gasteiger partial charge in [0.1, 0.15) is 6.04 Å². The second-order valence-corrected chi connectivity index (χ2v) is 4.51. The van der Waals surface area contributed by atoms with Crippen molar-refractivity contribution < 1.29 is 14.7 Å². The van der Waals surface area contributed by atoms with E-state index in [-0.39, 0.29) is 6.42 Å². The molecule has 1 atom stereocenters. The predicted molar refractivity (Wildman–Crippen MR) is 69.4 cm³/mol. The lowest BCUT2D eigenvalue weighted by atomic mass is 9.92. The number of nitrogens with zero attached hydrogens (tertiary/aromatic N) is 1. The Kier molecular flexibility index (Phi) is 5.05. The first-order valence-electron chi connectivity index (χ1n) is 6.22. The van der Waals surface area contributed by atoms with Crippen LogP contribution in [0.4, 0.5) is 0 Å². The number of carbonyl (C=O) groups excluding carboxylic acids is 1. The van der Waals surface area contributed by atoms with Crippen molar-refractivity contribution in [3.63, 3.8) is 0 Å². The Balaban J connectivity index is 2.74. The van der Waals surface area contributed by atoms with Crippen LogP contribution in [0.25, 0.3) is 0 Å². The number of carboxylic acid groups (broad SMARTS) is 1. The Morgan fingerprint density at radius 2 is 2.16 bits per heavy atom. The first-order chi connectivity index (χ1) is 8.92. The van der Waals surface area contributed by atoms with E-state index in [2.05, 4.69) is 15.3 Å². The number of nitrogens with two attached hydrogens (primary N) is 1. The minimum Gasteiger partial charge on any atom is -0.480 e. The zero-order valence-corrected chi connectivity index (χ0v) is 11.1. The molecule has 0 unspecified atom stereocenters. The molecule has 0 saturated carbocycles. The molecule has 0 aromatic carbocycles. The number of aromatic nitrogens is 2. The second kappa shape index (κ2) is 6.33. The van der Waals surface area contributed by atoms with Gasteiger partial charge in [0.2, 0.25) is 5.91 Å². The number of hydrogen-bond acceptors (Lipinski definition) is 4. The highest BCUT2D eigenvalue weighted by Crippen LogP contribution is 2.12. The number of imidazole rings is 1. The van der Waals surface area contributed by atoms with Crippen molar-refractivity contribution in [1.29, 1.82) is 0 Å². The molecule has 1 heterocycles. The summed E-state index contributed by atoms with van der Waals surface area (Å²) in [6, 6.07) is -1.02. The second-order valence-electron chi connectivity index (χ2n) is 4.51. The third-order valence-electron chi connectivity index (χ3n) is 3.30. The summed E-state index contributed by atoms with van der Waals surface area (Å²) in [6.07, 6.45) is 4.03. The molecular formula is C12H20N4O3. The summed E-state index contributed by atoms with van der Waals surface area (Å²) in [5, 5.41) is 11.6. The molecule has 0 saturated heterocycles. The van der Waals surface area contributed by atoms with Gasteiger partial charge in [-0.25, -0.2) is 9.78 Å². The average molecular weight is 268 g/mol. The third kappa shape index (κ3) is 3.78. The SMILES string of the molecule is CCC(N)(CC)C(=O)N[C@H](Cc1cnc[nH]1)C(=O)O. The summed E-state index contributed by atoms with van der Waals surface area (Å²) in [4.78, 5) is 29.8. The lowest BCUT2D eigenvalue weighted by Gasteiger charge is -2.27. The summed E-state index contributed by atoms with van der Waals surface area (Å²) in [6.45, 7) is 3.60. The number of amides is 1. The Bertz CT molecular complexity index is 426. The molecule has 19 heavy (non-hydrogen) atoms. The number of aliphatic carboxylic acids is 1. The molecule has 1 amide bonds. The van der Waals surface area contributed by atoms with Crippen LogP contribution in [-0.2, 0) is 16.0 Å². The fourth-order valence-electron chi connectivity index (χ4n) is 1.69. The molecule has 0 fully saturated rings. The van der Waals surface area contributed by atoms with E-state index < -0.39 is 23.5 Å². The molecule has 1 rings (SSSR count). The van der Waals surface area contributed by atoms with Crippen molar-refractivity contribution in [2.75, 3.05) is 0 Å². The summed E-state index contributed by atoms with van der Waals surface area (Å²) in [7, 11) is 0. The van der Waals surface area contributed by atoms with Gasteiger partial charge in [0, 0.05) is 18.3 Å². The number of H-pyrrole nitrogens is 1. The molecule has 0 aliphatic heterocycles. The van der Waals surface area contributed by atoms with Gasteiger partial charge in [-0.3, -0.25) is 4.79 Å². The highest BCUT2D eigenvalue weighted by Gasteiger charge is 2.33. The fourth-order valence-corrected chi connectivity index (χ4v) is 1.69. The van der Waals surface area contributed by atoms with Crippen molar-refractivity contribution in [3.05, 3.63) is 18.2 Å².